The molecule has 0 spiro atoms. The number of amides is 1. The fourth-order valence-corrected chi connectivity index (χ4v) is 2.15. The number of carbonyl (C=O) groups is 2. The second-order valence-electron chi connectivity index (χ2n) is 5.69. The van der Waals surface area contributed by atoms with Crippen molar-refractivity contribution in [3.63, 3.8) is 0 Å². The Bertz CT molecular complexity index is 731. The van der Waals surface area contributed by atoms with Crippen LogP contribution in [0, 0.1) is 5.82 Å². The van der Waals surface area contributed by atoms with E-state index in [0.29, 0.717) is 18.8 Å². The summed E-state index contributed by atoms with van der Waals surface area (Å²) in [5, 5.41) is 2.60. The largest absolute Gasteiger partial charge is 0.497 e. The van der Waals surface area contributed by atoms with Gasteiger partial charge in [0.05, 0.1) is 13.7 Å². The molecular formula is C20H22FNO5. The number of carbonyl (C=O) groups excluding carboxylic acids is 2. The molecule has 0 unspecified atom stereocenters. The molecule has 6 nitrogen and oxygen atoms in total. The smallest absolute Gasteiger partial charge is 0.306 e. The highest BCUT2D eigenvalue weighted by atomic mass is 19.1. The standard InChI is InChI=1S/C20H22FNO5/c1-25-17-8-10-18(11-9-17)26-12-2-3-20(24)27-14-19(23)22-13-15-4-6-16(21)7-5-15/h4-11H,2-3,12-14H2,1H3,(H,22,23). The first-order valence-electron chi connectivity index (χ1n) is 8.50. The molecule has 0 aliphatic carbocycles. The van der Waals surface area contributed by atoms with Crippen LogP contribution in [0.2, 0.25) is 0 Å². The number of ether oxygens (including phenoxy) is 3. The van der Waals surface area contributed by atoms with Crippen molar-refractivity contribution in [1.29, 1.82) is 0 Å². The van der Waals surface area contributed by atoms with Gasteiger partial charge in [0, 0.05) is 13.0 Å². The van der Waals surface area contributed by atoms with Gasteiger partial charge in [0.25, 0.3) is 5.91 Å². The Balaban J connectivity index is 1.55. The van der Waals surface area contributed by atoms with Crippen LogP contribution in [0.1, 0.15) is 18.4 Å². The van der Waals surface area contributed by atoms with Crippen molar-refractivity contribution in [3.05, 3.63) is 59.9 Å². The van der Waals surface area contributed by atoms with Crippen LogP contribution in [0.25, 0.3) is 0 Å². The zero-order valence-electron chi connectivity index (χ0n) is 15.1. The summed E-state index contributed by atoms with van der Waals surface area (Å²) in [5.41, 5.74) is 0.756. The Kier molecular flexibility index (Phi) is 8.09. The van der Waals surface area contributed by atoms with Crippen molar-refractivity contribution in [2.75, 3.05) is 20.3 Å². The summed E-state index contributed by atoms with van der Waals surface area (Å²) >= 11 is 0. The molecule has 1 N–H and O–H groups in total. The van der Waals surface area contributed by atoms with E-state index in [-0.39, 0.29) is 25.4 Å². The average Bonchev–Trinajstić information content (AvgIpc) is 2.69. The fraction of sp³-hybridized carbons (Fsp3) is 0.300. The van der Waals surface area contributed by atoms with Crippen LogP contribution >= 0.6 is 0 Å². The second-order valence-corrected chi connectivity index (χ2v) is 5.69. The number of nitrogens with one attached hydrogen (secondary N) is 1. The highest BCUT2D eigenvalue weighted by molar-refractivity contribution is 5.80. The van der Waals surface area contributed by atoms with Crippen LogP contribution in [0.4, 0.5) is 4.39 Å². The first-order chi connectivity index (χ1) is 13.1. The van der Waals surface area contributed by atoms with Gasteiger partial charge in [-0.2, -0.15) is 0 Å². The molecule has 2 rings (SSSR count). The van der Waals surface area contributed by atoms with E-state index in [1.54, 1.807) is 43.5 Å². The van der Waals surface area contributed by atoms with E-state index < -0.39 is 11.9 Å². The van der Waals surface area contributed by atoms with Gasteiger partial charge in [-0.05, 0) is 48.4 Å². The average molecular weight is 375 g/mol. The molecule has 0 aliphatic rings. The van der Waals surface area contributed by atoms with E-state index in [4.69, 9.17) is 14.2 Å². The molecular weight excluding hydrogens is 353 g/mol. The quantitative estimate of drug-likeness (QED) is 0.511. The zero-order valence-corrected chi connectivity index (χ0v) is 15.1. The number of methoxy groups -OCH3 is 1. The number of rotatable bonds is 10. The van der Waals surface area contributed by atoms with Gasteiger partial charge in [0.1, 0.15) is 17.3 Å². The molecule has 0 radical (unpaired) electrons. The highest BCUT2D eigenvalue weighted by Crippen LogP contribution is 2.17. The van der Waals surface area contributed by atoms with Gasteiger partial charge < -0.3 is 19.5 Å². The topological polar surface area (TPSA) is 73.9 Å². The maximum absolute atomic E-state index is 12.8. The third-order valence-corrected chi connectivity index (χ3v) is 3.62. The van der Waals surface area contributed by atoms with Crippen LogP contribution in [0.15, 0.2) is 48.5 Å². The van der Waals surface area contributed by atoms with E-state index in [1.165, 1.54) is 12.1 Å². The highest BCUT2D eigenvalue weighted by Gasteiger charge is 2.08. The lowest BCUT2D eigenvalue weighted by atomic mass is 10.2. The van der Waals surface area contributed by atoms with Gasteiger partial charge in [-0.3, -0.25) is 9.59 Å². The van der Waals surface area contributed by atoms with Crippen LogP contribution < -0.4 is 14.8 Å². The van der Waals surface area contributed by atoms with E-state index in [9.17, 15) is 14.0 Å². The minimum atomic E-state index is -0.467. The lowest BCUT2D eigenvalue weighted by Gasteiger charge is -2.08. The Labute approximate surface area is 157 Å². The maximum atomic E-state index is 12.8. The SMILES string of the molecule is COc1ccc(OCCCC(=O)OCC(=O)NCc2ccc(F)cc2)cc1. The van der Waals surface area contributed by atoms with Gasteiger partial charge in [0.15, 0.2) is 6.61 Å². The van der Waals surface area contributed by atoms with E-state index in [0.717, 1.165) is 11.3 Å². The Hall–Kier alpha value is -3.09. The zero-order chi connectivity index (χ0) is 19.5. The number of hydrogen-bond acceptors (Lipinski definition) is 5. The molecule has 144 valence electrons. The summed E-state index contributed by atoms with van der Waals surface area (Å²) in [6.07, 6.45) is 0.628. The molecule has 1 amide bonds. The van der Waals surface area contributed by atoms with Gasteiger partial charge in [-0.15, -0.1) is 0 Å². The number of hydrogen-bond donors (Lipinski definition) is 1. The minimum absolute atomic E-state index is 0.154. The third-order valence-electron chi connectivity index (χ3n) is 3.62. The Morgan fingerprint density at radius 2 is 1.67 bits per heavy atom. The summed E-state index contributed by atoms with van der Waals surface area (Å²) in [6, 6.07) is 12.9. The summed E-state index contributed by atoms with van der Waals surface area (Å²) in [5.74, 6) is 0.204. The summed E-state index contributed by atoms with van der Waals surface area (Å²) in [6.45, 7) is 0.254. The molecule has 0 aromatic heterocycles. The molecule has 7 heteroatoms. The van der Waals surface area contributed by atoms with Crippen molar-refractivity contribution in [2.45, 2.75) is 19.4 Å². The molecule has 0 aliphatic heterocycles. The summed E-state index contributed by atoms with van der Waals surface area (Å²) < 4.78 is 28.3. The van der Waals surface area contributed by atoms with Gasteiger partial charge in [-0.1, -0.05) is 12.1 Å². The van der Waals surface area contributed by atoms with Crippen LogP contribution in [0.3, 0.4) is 0 Å². The van der Waals surface area contributed by atoms with E-state index >= 15 is 0 Å². The molecule has 2 aromatic carbocycles. The lowest BCUT2D eigenvalue weighted by molar-refractivity contribution is -0.148. The van der Waals surface area contributed by atoms with Gasteiger partial charge in [0.2, 0.25) is 0 Å². The lowest BCUT2D eigenvalue weighted by Crippen LogP contribution is -2.28. The normalized spacial score (nSPS) is 10.1. The molecule has 0 heterocycles. The minimum Gasteiger partial charge on any atom is -0.497 e. The number of benzene rings is 2. The first kappa shape index (κ1) is 20.2. The monoisotopic (exact) mass is 375 g/mol. The molecule has 0 saturated carbocycles. The molecule has 2 aromatic rings. The molecule has 0 atom stereocenters. The van der Waals surface area contributed by atoms with Crippen molar-refractivity contribution in [1.82, 2.24) is 5.32 Å². The predicted molar refractivity (Wildman–Crippen MR) is 96.9 cm³/mol. The third kappa shape index (κ3) is 7.77. The fourth-order valence-electron chi connectivity index (χ4n) is 2.15. The van der Waals surface area contributed by atoms with Crippen LogP contribution in [-0.4, -0.2) is 32.2 Å². The maximum Gasteiger partial charge on any atom is 0.306 e. The predicted octanol–water partition coefficient (Wildman–Crippen LogP) is 2.85. The molecule has 27 heavy (non-hydrogen) atoms. The van der Waals surface area contributed by atoms with Crippen molar-refractivity contribution in [3.8, 4) is 11.5 Å². The summed E-state index contributed by atoms with van der Waals surface area (Å²) in [4.78, 5) is 23.3. The van der Waals surface area contributed by atoms with Crippen LogP contribution in [0.5, 0.6) is 11.5 Å². The van der Waals surface area contributed by atoms with E-state index in [1.807, 2.05) is 0 Å². The van der Waals surface area contributed by atoms with Gasteiger partial charge in [-0.25, -0.2) is 4.39 Å². The Morgan fingerprint density at radius 3 is 2.33 bits per heavy atom. The van der Waals surface area contributed by atoms with Crippen LogP contribution in [-0.2, 0) is 20.9 Å². The number of halogens is 1. The first-order valence-corrected chi connectivity index (χ1v) is 8.50. The Morgan fingerprint density at radius 1 is 1.00 bits per heavy atom. The van der Waals surface area contributed by atoms with Crippen molar-refractivity contribution >= 4 is 11.9 Å². The summed E-state index contributed by atoms with van der Waals surface area (Å²) in [7, 11) is 1.59. The number of esters is 1. The van der Waals surface area contributed by atoms with E-state index in [2.05, 4.69) is 5.32 Å². The van der Waals surface area contributed by atoms with Crippen molar-refractivity contribution < 1.29 is 28.2 Å². The molecule has 0 bridgehead atoms. The van der Waals surface area contributed by atoms with Gasteiger partial charge >= 0.3 is 5.97 Å². The second kappa shape index (κ2) is 10.8. The van der Waals surface area contributed by atoms with Crippen molar-refractivity contribution in [2.24, 2.45) is 0 Å². The molecule has 0 saturated heterocycles. The molecule has 0 fully saturated rings.